The highest BCUT2D eigenvalue weighted by molar-refractivity contribution is 6.04. The maximum absolute atomic E-state index is 12.8. The highest BCUT2D eigenvalue weighted by atomic mass is 19.4. The minimum absolute atomic E-state index is 0.0656. The molecule has 0 aliphatic carbocycles. The molecule has 0 saturated heterocycles. The molecule has 0 unspecified atom stereocenters. The van der Waals surface area contributed by atoms with Crippen molar-refractivity contribution in [2.24, 2.45) is 0 Å². The standard InChI is InChI=1S/C19H14F3N3O2/c20-19(21,22)13-8-17(11-24-10-13)27-16-6-2-5-15(9-16)25-18(26)12-3-1-4-14(23)7-12/h1-11H,23H2,(H,25,26). The number of aromatic nitrogens is 1. The van der Waals surface area contributed by atoms with Crippen LogP contribution < -0.4 is 15.8 Å². The second-order valence-electron chi connectivity index (χ2n) is 5.62. The van der Waals surface area contributed by atoms with Crippen molar-refractivity contribution in [1.82, 2.24) is 4.98 Å². The van der Waals surface area contributed by atoms with E-state index in [2.05, 4.69) is 10.3 Å². The third kappa shape index (κ3) is 4.75. The molecule has 1 aromatic heterocycles. The smallest absolute Gasteiger partial charge is 0.418 e. The Balaban J connectivity index is 1.75. The average molecular weight is 373 g/mol. The van der Waals surface area contributed by atoms with E-state index in [-0.39, 0.29) is 17.4 Å². The van der Waals surface area contributed by atoms with Crippen LogP contribution >= 0.6 is 0 Å². The number of nitrogen functional groups attached to an aromatic ring is 1. The maximum Gasteiger partial charge on any atom is 0.418 e. The molecule has 0 aliphatic rings. The minimum atomic E-state index is -4.51. The largest absolute Gasteiger partial charge is 0.456 e. The SMILES string of the molecule is Nc1cccc(C(=O)Nc2cccc(Oc3cncc(C(F)(F)F)c3)c2)c1. The number of nitrogens with zero attached hydrogens (tertiary/aromatic N) is 1. The van der Waals surface area contributed by atoms with Crippen LogP contribution in [-0.4, -0.2) is 10.9 Å². The molecule has 5 nitrogen and oxygen atoms in total. The summed E-state index contributed by atoms with van der Waals surface area (Å²) >= 11 is 0. The Morgan fingerprint density at radius 2 is 1.78 bits per heavy atom. The summed E-state index contributed by atoms with van der Waals surface area (Å²) in [4.78, 5) is 15.8. The number of anilines is 2. The van der Waals surface area contributed by atoms with Gasteiger partial charge in [-0.2, -0.15) is 13.2 Å². The molecule has 0 fully saturated rings. The number of halogens is 3. The molecule has 1 amide bonds. The number of nitrogens with two attached hydrogens (primary N) is 1. The van der Waals surface area contributed by atoms with Gasteiger partial charge in [0.25, 0.3) is 5.91 Å². The molecule has 138 valence electrons. The third-order valence-corrected chi connectivity index (χ3v) is 3.52. The van der Waals surface area contributed by atoms with Gasteiger partial charge in [-0.25, -0.2) is 0 Å². The van der Waals surface area contributed by atoms with Crippen molar-refractivity contribution in [3.63, 3.8) is 0 Å². The minimum Gasteiger partial charge on any atom is -0.456 e. The number of benzene rings is 2. The normalized spacial score (nSPS) is 11.1. The Morgan fingerprint density at radius 3 is 2.52 bits per heavy atom. The van der Waals surface area contributed by atoms with Gasteiger partial charge < -0.3 is 15.8 Å². The van der Waals surface area contributed by atoms with Crippen LogP contribution in [0.4, 0.5) is 24.5 Å². The van der Waals surface area contributed by atoms with Gasteiger partial charge in [0, 0.05) is 29.2 Å². The molecule has 8 heteroatoms. The van der Waals surface area contributed by atoms with Gasteiger partial charge in [0.2, 0.25) is 0 Å². The van der Waals surface area contributed by atoms with Crippen LogP contribution in [0.5, 0.6) is 11.5 Å². The lowest BCUT2D eigenvalue weighted by atomic mass is 10.2. The molecular formula is C19H14F3N3O2. The van der Waals surface area contributed by atoms with E-state index in [0.717, 1.165) is 12.3 Å². The van der Waals surface area contributed by atoms with E-state index >= 15 is 0 Å². The van der Waals surface area contributed by atoms with E-state index in [1.54, 1.807) is 36.4 Å². The number of carbonyl (C=O) groups excluding carboxylic acids is 1. The first-order valence-electron chi connectivity index (χ1n) is 7.78. The lowest BCUT2D eigenvalue weighted by Crippen LogP contribution is -2.12. The summed E-state index contributed by atoms with van der Waals surface area (Å²) in [5, 5.41) is 2.68. The van der Waals surface area contributed by atoms with Crippen LogP contribution in [0.15, 0.2) is 67.0 Å². The fourth-order valence-electron chi connectivity index (χ4n) is 2.29. The van der Waals surface area contributed by atoms with Crippen molar-refractivity contribution >= 4 is 17.3 Å². The molecule has 0 bridgehead atoms. The predicted molar refractivity (Wildman–Crippen MR) is 94.6 cm³/mol. The molecule has 0 saturated carbocycles. The lowest BCUT2D eigenvalue weighted by molar-refractivity contribution is -0.137. The quantitative estimate of drug-likeness (QED) is 0.649. The van der Waals surface area contributed by atoms with Crippen molar-refractivity contribution < 1.29 is 22.7 Å². The number of rotatable bonds is 4. The Labute approximate surface area is 152 Å². The number of amides is 1. The van der Waals surface area contributed by atoms with Crippen molar-refractivity contribution in [2.75, 3.05) is 11.1 Å². The predicted octanol–water partition coefficient (Wildman–Crippen LogP) is 4.73. The van der Waals surface area contributed by atoms with Gasteiger partial charge in [-0.3, -0.25) is 9.78 Å². The van der Waals surface area contributed by atoms with Crippen molar-refractivity contribution in [3.8, 4) is 11.5 Å². The first-order valence-corrected chi connectivity index (χ1v) is 7.78. The maximum atomic E-state index is 12.8. The number of pyridine rings is 1. The van der Waals surface area contributed by atoms with Crippen LogP contribution in [0.25, 0.3) is 0 Å². The molecular weight excluding hydrogens is 359 g/mol. The number of ether oxygens (including phenoxy) is 1. The van der Waals surface area contributed by atoms with Gasteiger partial charge in [0.15, 0.2) is 0 Å². The number of hydrogen-bond donors (Lipinski definition) is 2. The fraction of sp³-hybridized carbons (Fsp3) is 0.0526. The molecule has 1 heterocycles. The van der Waals surface area contributed by atoms with E-state index in [1.807, 2.05) is 0 Å². The van der Waals surface area contributed by atoms with Crippen LogP contribution in [-0.2, 0) is 6.18 Å². The molecule has 27 heavy (non-hydrogen) atoms. The number of alkyl halides is 3. The van der Waals surface area contributed by atoms with Crippen LogP contribution in [0, 0.1) is 0 Å². The summed E-state index contributed by atoms with van der Waals surface area (Å²) in [5.41, 5.74) is 6.00. The molecule has 0 aliphatic heterocycles. The summed E-state index contributed by atoms with van der Waals surface area (Å²) in [6, 6.07) is 13.6. The number of nitrogens with one attached hydrogen (secondary N) is 1. The Hall–Kier alpha value is -3.55. The summed E-state index contributed by atoms with van der Waals surface area (Å²) in [7, 11) is 0. The van der Waals surface area contributed by atoms with Crippen LogP contribution in [0.1, 0.15) is 15.9 Å². The van der Waals surface area contributed by atoms with E-state index < -0.39 is 11.7 Å². The second kappa shape index (κ2) is 7.36. The van der Waals surface area contributed by atoms with Crippen molar-refractivity contribution in [2.45, 2.75) is 6.18 Å². The summed E-state index contributed by atoms with van der Waals surface area (Å²) in [5.74, 6) is -0.189. The van der Waals surface area contributed by atoms with Crippen LogP contribution in [0.2, 0.25) is 0 Å². The molecule has 0 spiro atoms. The van der Waals surface area contributed by atoms with Crippen LogP contribution in [0.3, 0.4) is 0 Å². The fourth-order valence-corrected chi connectivity index (χ4v) is 2.29. The molecule has 2 aromatic carbocycles. The van der Waals surface area contributed by atoms with E-state index in [4.69, 9.17) is 10.5 Å². The lowest BCUT2D eigenvalue weighted by Gasteiger charge is -2.11. The molecule has 3 N–H and O–H groups in total. The molecule has 0 atom stereocenters. The zero-order chi connectivity index (χ0) is 19.4. The van der Waals surface area contributed by atoms with E-state index in [1.165, 1.54) is 18.3 Å². The van der Waals surface area contributed by atoms with Crippen molar-refractivity contribution in [1.29, 1.82) is 0 Å². The Bertz CT molecular complexity index is 974. The zero-order valence-corrected chi connectivity index (χ0v) is 13.8. The Kier molecular flexibility index (Phi) is 4.98. The van der Waals surface area contributed by atoms with Gasteiger partial charge >= 0.3 is 6.18 Å². The highest BCUT2D eigenvalue weighted by Crippen LogP contribution is 2.32. The van der Waals surface area contributed by atoms with E-state index in [9.17, 15) is 18.0 Å². The Morgan fingerprint density at radius 1 is 1.00 bits per heavy atom. The zero-order valence-electron chi connectivity index (χ0n) is 13.8. The van der Waals surface area contributed by atoms with E-state index in [0.29, 0.717) is 16.9 Å². The monoisotopic (exact) mass is 373 g/mol. The first-order chi connectivity index (χ1) is 12.8. The average Bonchev–Trinajstić information content (AvgIpc) is 2.61. The molecule has 3 rings (SSSR count). The molecule has 0 radical (unpaired) electrons. The van der Waals surface area contributed by atoms with Gasteiger partial charge in [-0.15, -0.1) is 0 Å². The van der Waals surface area contributed by atoms with Gasteiger partial charge in [-0.1, -0.05) is 12.1 Å². The van der Waals surface area contributed by atoms with Gasteiger partial charge in [-0.05, 0) is 36.4 Å². The summed E-state index contributed by atoms with van der Waals surface area (Å²) < 4.78 is 43.7. The highest BCUT2D eigenvalue weighted by Gasteiger charge is 2.31. The topological polar surface area (TPSA) is 77.2 Å². The second-order valence-corrected chi connectivity index (χ2v) is 5.62. The van der Waals surface area contributed by atoms with Crippen molar-refractivity contribution in [3.05, 3.63) is 78.1 Å². The summed E-state index contributed by atoms with van der Waals surface area (Å²) in [6.07, 6.45) is -2.62. The summed E-state index contributed by atoms with van der Waals surface area (Å²) in [6.45, 7) is 0. The third-order valence-electron chi connectivity index (χ3n) is 3.52. The first kappa shape index (κ1) is 18.2. The van der Waals surface area contributed by atoms with Gasteiger partial charge in [0.1, 0.15) is 11.5 Å². The number of hydrogen-bond acceptors (Lipinski definition) is 4. The molecule has 3 aromatic rings. The van der Waals surface area contributed by atoms with Gasteiger partial charge in [0.05, 0.1) is 11.8 Å². The number of carbonyl (C=O) groups is 1.